The minimum Gasteiger partial charge on any atom is -0.493 e. The fourth-order valence-corrected chi connectivity index (χ4v) is 4.19. The number of unbranched alkanes of at least 4 members (excludes halogenated alkanes) is 2. The number of benzene rings is 1. The van der Waals surface area contributed by atoms with E-state index in [9.17, 15) is 18.0 Å². The second-order valence-corrected chi connectivity index (χ2v) is 8.72. The van der Waals surface area contributed by atoms with Gasteiger partial charge in [-0.25, -0.2) is 4.79 Å². The molecule has 3 rings (SSSR count). The summed E-state index contributed by atoms with van der Waals surface area (Å²) in [7, 11) is 0. The summed E-state index contributed by atoms with van der Waals surface area (Å²) < 4.78 is 51.3. The fraction of sp³-hybridized carbons (Fsp3) is 0.625. The van der Waals surface area contributed by atoms with E-state index in [1.807, 2.05) is 6.92 Å². The van der Waals surface area contributed by atoms with Crippen molar-refractivity contribution in [2.75, 3.05) is 32.9 Å². The van der Waals surface area contributed by atoms with Crippen molar-refractivity contribution >= 4 is 11.0 Å². The van der Waals surface area contributed by atoms with E-state index in [1.165, 1.54) is 6.07 Å². The Morgan fingerprint density at radius 1 is 1.16 bits per heavy atom. The molecule has 1 fully saturated rings. The van der Waals surface area contributed by atoms with Gasteiger partial charge in [0, 0.05) is 36.1 Å². The van der Waals surface area contributed by atoms with E-state index in [2.05, 4.69) is 23.6 Å². The molecular weight excluding hydrogens is 421 g/mol. The first-order valence-corrected chi connectivity index (χ1v) is 11.5. The van der Waals surface area contributed by atoms with E-state index in [-0.39, 0.29) is 11.0 Å². The Bertz CT molecular complexity index is 956. The molecular formula is C24H33F3N2O3. The lowest BCUT2D eigenvalue weighted by Gasteiger charge is -2.21. The highest BCUT2D eigenvalue weighted by atomic mass is 19.4. The van der Waals surface area contributed by atoms with E-state index in [1.54, 1.807) is 6.07 Å². The van der Waals surface area contributed by atoms with Gasteiger partial charge < -0.3 is 9.15 Å². The fourth-order valence-electron chi connectivity index (χ4n) is 4.19. The Morgan fingerprint density at radius 3 is 2.59 bits per heavy atom. The summed E-state index contributed by atoms with van der Waals surface area (Å²) >= 11 is 0. The van der Waals surface area contributed by atoms with Crippen molar-refractivity contribution in [3.05, 3.63) is 39.7 Å². The molecule has 0 N–H and O–H groups in total. The Hall–Kier alpha value is -2.06. The SMILES string of the molecule is CCCc1c(OCCCCCN2CCN(C(C)C)C2)ccc2c(C(F)(F)F)cc(=O)oc12. The van der Waals surface area contributed by atoms with Crippen molar-refractivity contribution < 1.29 is 22.3 Å². The summed E-state index contributed by atoms with van der Waals surface area (Å²) in [5, 5.41) is -0.103. The van der Waals surface area contributed by atoms with Crippen LogP contribution in [0.1, 0.15) is 57.6 Å². The number of hydrogen-bond acceptors (Lipinski definition) is 5. The Labute approximate surface area is 187 Å². The lowest BCUT2D eigenvalue weighted by atomic mass is 10.0. The van der Waals surface area contributed by atoms with Gasteiger partial charge in [-0.2, -0.15) is 13.2 Å². The zero-order valence-electron chi connectivity index (χ0n) is 19.1. The smallest absolute Gasteiger partial charge is 0.417 e. The molecule has 0 unspecified atom stereocenters. The number of ether oxygens (including phenoxy) is 1. The van der Waals surface area contributed by atoms with Gasteiger partial charge in [-0.15, -0.1) is 0 Å². The van der Waals surface area contributed by atoms with E-state index in [4.69, 9.17) is 9.15 Å². The van der Waals surface area contributed by atoms with Crippen LogP contribution in [0.4, 0.5) is 13.2 Å². The molecule has 0 amide bonds. The molecule has 2 aromatic rings. The van der Waals surface area contributed by atoms with Gasteiger partial charge in [0.25, 0.3) is 0 Å². The molecule has 1 aliphatic heterocycles. The number of alkyl halides is 3. The van der Waals surface area contributed by atoms with Gasteiger partial charge in [0.1, 0.15) is 11.3 Å². The average molecular weight is 455 g/mol. The van der Waals surface area contributed by atoms with Gasteiger partial charge in [0.05, 0.1) is 18.8 Å². The van der Waals surface area contributed by atoms with Crippen LogP contribution in [0.2, 0.25) is 0 Å². The average Bonchev–Trinajstić information content (AvgIpc) is 3.20. The summed E-state index contributed by atoms with van der Waals surface area (Å²) in [6.45, 7) is 11.1. The lowest BCUT2D eigenvalue weighted by Crippen LogP contribution is -2.31. The molecule has 178 valence electrons. The summed E-state index contributed by atoms with van der Waals surface area (Å²) in [5.74, 6) is 0.494. The van der Waals surface area contributed by atoms with E-state index in [0.29, 0.717) is 42.9 Å². The molecule has 1 aromatic heterocycles. The van der Waals surface area contributed by atoms with Crippen LogP contribution in [0.5, 0.6) is 5.75 Å². The molecule has 32 heavy (non-hydrogen) atoms. The number of aryl methyl sites for hydroxylation is 1. The Kier molecular flexibility index (Phi) is 8.22. The minimum atomic E-state index is -4.62. The molecule has 0 atom stereocenters. The molecule has 2 heterocycles. The standard InChI is InChI=1S/C24H33F3N2O3/c1-4-8-19-21(10-9-18-20(24(25,26)27)15-22(30)32-23(18)19)31-14-7-5-6-11-28-12-13-29(16-28)17(2)3/h9-10,15,17H,4-8,11-14,16H2,1-3H3. The van der Waals surface area contributed by atoms with Crippen molar-refractivity contribution in [1.29, 1.82) is 0 Å². The van der Waals surface area contributed by atoms with Crippen molar-refractivity contribution in [2.24, 2.45) is 0 Å². The first kappa shape index (κ1) is 24.6. The molecule has 1 aromatic carbocycles. The van der Waals surface area contributed by atoms with Crippen molar-refractivity contribution in [3.8, 4) is 5.75 Å². The molecule has 5 nitrogen and oxygen atoms in total. The lowest BCUT2D eigenvalue weighted by molar-refractivity contribution is -0.136. The van der Waals surface area contributed by atoms with E-state index >= 15 is 0 Å². The highest BCUT2D eigenvalue weighted by molar-refractivity contribution is 5.85. The summed E-state index contributed by atoms with van der Waals surface area (Å²) in [6, 6.07) is 3.99. The van der Waals surface area contributed by atoms with Gasteiger partial charge in [0.15, 0.2) is 0 Å². The normalized spacial score (nSPS) is 15.8. The van der Waals surface area contributed by atoms with Crippen LogP contribution in [0, 0.1) is 0 Å². The molecule has 8 heteroatoms. The maximum Gasteiger partial charge on any atom is 0.417 e. The summed E-state index contributed by atoms with van der Waals surface area (Å²) in [4.78, 5) is 16.7. The van der Waals surface area contributed by atoms with Crippen molar-refractivity contribution in [1.82, 2.24) is 9.80 Å². The van der Waals surface area contributed by atoms with Crippen LogP contribution in [0.15, 0.2) is 27.4 Å². The number of fused-ring (bicyclic) bond motifs is 1. The quantitative estimate of drug-likeness (QED) is 0.360. The molecule has 0 radical (unpaired) electrons. The molecule has 0 saturated carbocycles. The largest absolute Gasteiger partial charge is 0.493 e. The number of nitrogens with zero attached hydrogens (tertiary/aromatic N) is 2. The second kappa shape index (κ2) is 10.7. The highest BCUT2D eigenvalue weighted by Crippen LogP contribution is 2.37. The maximum absolute atomic E-state index is 13.4. The molecule has 0 spiro atoms. The van der Waals surface area contributed by atoms with Crippen LogP contribution < -0.4 is 10.4 Å². The second-order valence-electron chi connectivity index (χ2n) is 8.72. The molecule has 0 aliphatic carbocycles. The molecule has 0 bridgehead atoms. The van der Waals surface area contributed by atoms with Gasteiger partial charge in [-0.05, 0) is 58.2 Å². The van der Waals surface area contributed by atoms with Crippen molar-refractivity contribution in [3.63, 3.8) is 0 Å². The van der Waals surface area contributed by atoms with Crippen LogP contribution in [0.3, 0.4) is 0 Å². The van der Waals surface area contributed by atoms with Gasteiger partial charge in [-0.1, -0.05) is 13.3 Å². The minimum absolute atomic E-state index is 0.0204. The molecule has 1 saturated heterocycles. The zero-order chi connectivity index (χ0) is 23.3. The third kappa shape index (κ3) is 6.04. The predicted octanol–water partition coefficient (Wildman–Crippen LogP) is 5.30. The maximum atomic E-state index is 13.4. The Morgan fingerprint density at radius 2 is 1.94 bits per heavy atom. The van der Waals surface area contributed by atoms with E-state index in [0.717, 1.165) is 45.6 Å². The third-order valence-electron chi connectivity index (χ3n) is 5.97. The molecule has 1 aliphatic rings. The van der Waals surface area contributed by atoms with Crippen molar-refractivity contribution in [2.45, 2.75) is 65.1 Å². The van der Waals surface area contributed by atoms with Gasteiger partial charge in [0.2, 0.25) is 0 Å². The Balaban J connectivity index is 1.60. The monoisotopic (exact) mass is 454 g/mol. The first-order chi connectivity index (χ1) is 15.2. The predicted molar refractivity (Wildman–Crippen MR) is 119 cm³/mol. The van der Waals surface area contributed by atoms with Gasteiger partial charge >= 0.3 is 11.8 Å². The zero-order valence-corrected chi connectivity index (χ0v) is 19.1. The number of hydrogen-bond donors (Lipinski definition) is 0. The highest BCUT2D eigenvalue weighted by Gasteiger charge is 2.34. The van der Waals surface area contributed by atoms with Crippen LogP contribution >= 0.6 is 0 Å². The van der Waals surface area contributed by atoms with E-state index < -0.39 is 17.4 Å². The summed E-state index contributed by atoms with van der Waals surface area (Å²) in [6.07, 6.45) is -0.503. The summed E-state index contributed by atoms with van der Waals surface area (Å²) in [5.41, 5.74) is -1.46. The topological polar surface area (TPSA) is 45.9 Å². The third-order valence-corrected chi connectivity index (χ3v) is 5.97. The van der Waals surface area contributed by atoms with Gasteiger partial charge in [-0.3, -0.25) is 9.80 Å². The van der Waals surface area contributed by atoms with Crippen LogP contribution in [-0.2, 0) is 12.6 Å². The number of rotatable bonds is 10. The van der Waals surface area contributed by atoms with Crippen LogP contribution in [-0.4, -0.2) is 48.8 Å². The first-order valence-electron chi connectivity index (χ1n) is 11.5. The van der Waals surface area contributed by atoms with Crippen LogP contribution in [0.25, 0.3) is 11.0 Å². The number of halogens is 3.